The van der Waals surface area contributed by atoms with Gasteiger partial charge in [-0.2, -0.15) is 0 Å². The largest absolute Gasteiger partial charge is 0.493 e. The lowest BCUT2D eigenvalue weighted by atomic mass is 10.0. The Morgan fingerprint density at radius 1 is 1.18 bits per heavy atom. The van der Waals surface area contributed by atoms with Crippen LogP contribution in [0.4, 0.5) is 10.1 Å². The highest BCUT2D eigenvalue weighted by atomic mass is 19.1. The Hall–Kier alpha value is -3.02. The average Bonchev–Trinajstić information content (AvgIpc) is 2.72. The molecule has 0 bridgehead atoms. The van der Waals surface area contributed by atoms with E-state index in [1.165, 1.54) is 12.1 Å². The minimum absolute atomic E-state index is 0.0412. The molecule has 0 saturated carbocycles. The van der Waals surface area contributed by atoms with Gasteiger partial charge in [-0.3, -0.25) is 4.79 Å². The van der Waals surface area contributed by atoms with Crippen molar-refractivity contribution in [1.82, 2.24) is 4.90 Å². The minimum Gasteiger partial charge on any atom is -0.493 e. The van der Waals surface area contributed by atoms with Gasteiger partial charge in [-0.25, -0.2) is 4.39 Å². The van der Waals surface area contributed by atoms with E-state index in [0.717, 1.165) is 30.6 Å². The molecule has 1 aliphatic heterocycles. The molecule has 0 spiro atoms. The van der Waals surface area contributed by atoms with E-state index in [-0.39, 0.29) is 17.8 Å². The average molecular weight is 384 g/mol. The number of rotatable bonds is 6. The number of nitrogens with one attached hydrogen (secondary N) is 1. The highest BCUT2D eigenvalue weighted by Gasteiger charge is 2.22. The van der Waals surface area contributed by atoms with E-state index >= 15 is 0 Å². The summed E-state index contributed by atoms with van der Waals surface area (Å²) in [6.45, 7) is 1.31. The van der Waals surface area contributed by atoms with Crippen molar-refractivity contribution in [3.05, 3.63) is 59.9 Å². The van der Waals surface area contributed by atoms with Crippen LogP contribution in [0.25, 0.3) is 6.08 Å². The molecule has 1 atom stereocenters. The van der Waals surface area contributed by atoms with Crippen LogP contribution in [0, 0.1) is 5.82 Å². The van der Waals surface area contributed by atoms with Gasteiger partial charge in [-0.05, 0) is 54.8 Å². The summed E-state index contributed by atoms with van der Waals surface area (Å²) in [6, 6.07) is 12.0. The van der Waals surface area contributed by atoms with Gasteiger partial charge < -0.3 is 19.7 Å². The molecule has 1 saturated heterocycles. The first-order valence-electron chi connectivity index (χ1n) is 9.30. The summed E-state index contributed by atoms with van der Waals surface area (Å²) in [5.41, 5.74) is 1.60. The number of ether oxygens (including phenoxy) is 2. The van der Waals surface area contributed by atoms with Gasteiger partial charge in [0.25, 0.3) is 0 Å². The van der Waals surface area contributed by atoms with Crippen molar-refractivity contribution in [1.29, 1.82) is 0 Å². The molecular formula is C22H25FN2O3. The molecule has 1 heterocycles. The van der Waals surface area contributed by atoms with Gasteiger partial charge in [0.15, 0.2) is 11.5 Å². The van der Waals surface area contributed by atoms with Crippen molar-refractivity contribution in [2.45, 2.75) is 18.9 Å². The molecule has 0 unspecified atom stereocenters. The van der Waals surface area contributed by atoms with Crippen molar-refractivity contribution < 1.29 is 18.7 Å². The van der Waals surface area contributed by atoms with Crippen LogP contribution in [-0.4, -0.2) is 44.2 Å². The number of benzene rings is 2. The SMILES string of the molecule is COc1ccc(/C=C/C(=O)N2CCC[C@@H](Nc3cccc(F)c3)C2)cc1OC. The highest BCUT2D eigenvalue weighted by molar-refractivity contribution is 5.92. The van der Waals surface area contributed by atoms with E-state index in [0.29, 0.717) is 18.0 Å². The summed E-state index contributed by atoms with van der Waals surface area (Å²) in [5, 5.41) is 3.32. The fourth-order valence-electron chi connectivity index (χ4n) is 3.34. The zero-order chi connectivity index (χ0) is 19.9. The number of piperidine rings is 1. The van der Waals surface area contributed by atoms with Crippen molar-refractivity contribution in [3.63, 3.8) is 0 Å². The van der Waals surface area contributed by atoms with Crippen molar-refractivity contribution in [3.8, 4) is 11.5 Å². The lowest BCUT2D eigenvalue weighted by Crippen LogP contribution is -2.44. The number of carbonyl (C=O) groups is 1. The summed E-state index contributed by atoms with van der Waals surface area (Å²) < 4.78 is 23.9. The second-order valence-corrected chi connectivity index (χ2v) is 6.73. The predicted octanol–water partition coefficient (Wildman–Crippen LogP) is 3.96. The summed E-state index contributed by atoms with van der Waals surface area (Å²) in [4.78, 5) is 14.4. The van der Waals surface area contributed by atoms with Crippen molar-refractivity contribution >= 4 is 17.7 Å². The Morgan fingerprint density at radius 2 is 2.00 bits per heavy atom. The maximum Gasteiger partial charge on any atom is 0.246 e. The number of carbonyl (C=O) groups excluding carboxylic acids is 1. The number of halogens is 1. The van der Waals surface area contributed by atoms with E-state index in [4.69, 9.17) is 9.47 Å². The second-order valence-electron chi connectivity index (χ2n) is 6.73. The third kappa shape index (κ3) is 5.03. The highest BCUT2D eigenvalue weighted by Crippen LogP contribution is 2.28. The van der Waals surface area contributed by atoms with Crippen LogP contribution in [0.2, 0.25) is 0 Å². The standard InChI is InChI=1S/C22H25FN2O3/c1-27-20-10-8-16(13-21(20)28-2)9-11-22(26)25-12-4-7-19(15-25)24-18-6-3-5-17(23)14-18/h3,5-6,8-11,13-14,19,24H,4,7,12,15H2,1-2H3/b11-9+/t19-/m1/s1. The van der Waals surface area contributed by atoms with Gasteiger partial charge in [0, 0.05) is 30.9 Å². The van der Waals surface area contributed by atoms with Crippen LogP contribution in [-0.2, 0) is 4.79 Å². The number of amides is 1. The number of methoxy groups -OCH3 is 2. The molecule has 2 aromatic carbocycles. The molecular weight excluding hydrogens is 359 g/mol. The minimum atomic E-state index is -0.272. The normalized spacial score (nSPS) is 16.8. The van der Waals surface area contributed by atoms with Crippen LogP contribution in [0.5, 0.6) is 11.5 Å². The lowest BCUT2D eigenvalue weighted by Gasteiger charge is -2.33. The van der Waals surface area contributed by atoms with Crippen molar-refractivity contribution in [2.24, 2.45) is 0 Å². The van der Waals surface area contributed by atoms with Crippen LogP contribution >= 0.6 is 0 Å². The van der Waals surface area contributed by atoms with Gasteiger partial charge in [0.05, 0.1) is 14.2 Å². The zero-order valence-electron chi connectivity index (χ0n) is 16.2. The number of hydrogen-bond donors (Lipinski definition) is 1. The smallest absolute Gasteiger partial charge is 0.246 e. The number of likely N-dealkylation sites (tertiary alicyclic amines) is 1. The Morgan fingerprint density at radius 3 is 2.75 bits per heavy atom. The second kappa shape index (κ2) is 9.26. The Kier molecular flexibility index (Phi) is 6.53. The number of anilines is 1. The van der Waals surface area contributed by atoms with Gasteiger partial charge in [-0.1, -0.05) is 12.1 Å². The molecule has 5 nitrogen and oxygen atoms in total. The van der Waals surface area contributed by atoms with E-state index in [1.54, 1.807) is 32.4 Å². The summed E-state index contributed by atoms with van der Waals surface area (Å²) in [5.74, 6) is 0.954. The molecule has 1 amide bonds. The molecule has 6 heteroatoms. The van der Waals surface area contributed by atoms with Gasteiger partial charge in [0.2, 0.25) is 5.91 Å². The fourth-order valence-corrected chi connectivity index (χ4v) is 3.34. The first-order chi connectivity index (χ1) is 13.6. The van der Waals surface area contributed by atoms with E-state index in [2.05, 4.69) is 5.32 Å². The van der Waals surface area contributed by atoms with Crippen LogP contribution in [0.15, 0.2) is 48.5 Å². The van der Waals surface area contributed by atoms with E-state index in [9.17, 15) is 9.18 Å². The topological polar surface area (TPSA) is 50.8 Å². The molecule has 3 rings (SSSR count). The summed E-state index contributed by atoms with van der Waals surface area (Å²) >= 11 is 0. The third-order valence-corrected chi connectivity index (χ3v) is 4.75. The van der Waals surface area contributed by atoms with Gasteiger partial charge >= 0.3 is 0 Å². The van der Waals surface area contributed by atoms with E-state index in [1.807, 2.05) is 29.2 Å². The fraction of sp³-hybridized carbons (Fsp3) is 0.318. The molecule has 1 fully saturated rings. The first-order valence-corrected chi connectivity index (χ1v) is 9.30. The molecule has 0 radical (unpaired) electrons. The maximum atomic E-state index is 13.4. The maximum absolute atomic E-state index is 13.4. The van der Waals surface area contributed by atoms with E-state index < -0.39 is 0 Å². The lowest BCUT2D eigenvalue weighted by molar-refractivity contribution is -0.126. The molecule has 28 heavy (non-hydrogen) atoms. The van der Waals surface area contributed by atoms with Gasteiger partial charge in [-0.15, -0.1) is 0 Å². The Balaban J connectivity index is 1.61. The third-order valence-electron chi connectivity index (χ3n) is 4.75. The summed E-state index contributed by atoms with van der Waals surface area (Å²) in [6.07, 6.45) is 5.20. The number of nitrogens with zero attached hydrogens (tertiary/aromatic N) is 1. The van der Waals surface area contributed by atoms with Crippen LogP contribution in [0.3, 0.4) is 0 Å². The molecule has 0 aromatic heterocycles. The molecule has 1 N–H and O–H groups in total. The molecule has 1 aliphatic rings. The van der Waals surface area contributed by atoms with Gasteiger partial charge in [0.1, 0.15) is 5.82 Å². The van der Waals surface area contributed by atoms with Crippen LogP contribution in [0.1, 0.15) is 18.4 Å². The monoisotopic (exact) mass is 384 g/mol. The first kappa shape index (κ1) is 19.7. The summed E-state index contributed by atoms with van der Waals surface area (Å²) in [7, 11) is 3.16. The number of hydrogen-bond acceptors (Lipinski definition) is 4. The van der Waals surface area contributed by atoms with Crippen molar-refractivity contribution in [2.75, 3.05) is 32.6 Å². The predicted molar refractivity (Wildman–Crippen MR) is 108 cm³/mol. The molecule has 148 valence electrons. The van der Waals surface area contributed by atoms with Crippen LogP contribution < -0.4 is 14.8 Å². The zero-order valence-corrected chi connectivity index (χ0v) is 16.2. The Labute approximate surface area is 164 Å². The quantitative estimate of drug-likeness (QED) is 0.766. The Bertz CT molecular complexity index is 853. The molecule has 0 aliphatic carbocycles. The molecule has 2 aromatic rings.